The summed E-state index contributed by atoms with van der Waals surface area (Å²) < 4.78 is 0. The molecular formula is C15H18N2S. The van der Waals surface area contributed by atoms with Crippen molar-refractivity contribution in [1.29, 1.82) is 0 Å². The first kappa shape index (κ1) is 12.8. The Hall–Kier alpha value is -1.61. The number of hydrogen-bond donors (Lipinski definition) is 3. The molecule has 2 aromatic rings. The summed E-state index contributed by atoms with van der Waals surface area (Å²) in [6.45, 7) is 4.19. The minimum absolute atomic E-state index is 0.800. The molecule has 0 bridgehead atoms. The minimum atomic E-state index is 0.800. The monoisotopic (exact) mass is 258 g/mol. The Morgan fingerprint density at radius 3 is 2.33 bits per heavy atom. The number of hydrogen-bond acceptors (Lipinski definition) is 3. The number of rotatable bonds is 2. The summed E-state index contributed by atoms with van der Waals surface area (Å²) >= 11 is 4.55. The fourth-order valence-corrected chi connectivity index (χ4v) is 2.46. The molecule has 0 aromatic heterocycles. The smallest absolute Gasteiger partial charge is 0.0482 e. The first-order valence-electron chi connectivity index (χ1n) is 5.92. The van der Waals surface area contributed by atoms with Crippen LogP contribution in [0.1, 0.15) is 11.1 Å². The molecular weight excluding hydrogens is 240 g/mol. The van der Waals surface area contributed by atoms with Crippen molar-refractivity contribution in [2.24, 2.45) is 0 Å². The third kappa shape index (κ3) is 2.06. The second-order valence-corrected chi connectivity index (χ2v) is 4.85. The molecule has 0 fully saturated rings. The van der Waals surface area contributed by atoms with Gasteiger partial charge < -0.3 is 11.1 Å². The summed E-state index contributed by atoms with van der Waals surface area (Å²) in [4.78, 5) is 0.994. The lowest BCUT2D eigenvalue weighted by atomic mass is 9.95. The molecule has 0 aliphatic rings. The highest BCUT2D eigenvalue weighted by Crippen LogP contribution is 2.36. The summed E-state index contributed by atoms with van der Waals surface area (Å²) in [6, 6.07) is 10.0. The molecule has 0 atom stereocenters. The van der Waals surface area contributed by atoms with Crippen LogP contribution in [0.2, 0.25) is 0 Å². The van der Waals surface area contributed by atoms with Crippen LogP contribution in [0.15, 0.2) is 35.2 Å². The zero-order valence-corrected chi connectivity index (χ0v) is 11.8. The molecule has 0 aliphatic carbocycles. The average Bonchev–Trinajstić information content (AvgIpc) is 2.38. The van der Waals surface area contributed by atoms with Gasteiger partial charge in [-0.2, -0.15) is 0 Å². The molecule has 0 heterocycles. The number of nitrogens with one attached hydrogen (secondary N) is 1. The Morgan fingerprint density at radius 2 is 1.72 bits per heavy atom. The van der Waals surface area contributed by atoms with E-state index in [1.165, 1.54) is 11.1 Å². The van der Waals surface area contributed by atoms with E-state index in [1.54, 1.807) is 0 Å². The molecule has 0 aliphatic heterocycles. The van der Waals surface area contributed by atoms with Gasteiger partial charge in [-0.1, -0.05) is 18.2 Å². The SMILES string of the molecule is CNc1cc(-c2ccccc2N)c(C)c(C)c1S. The Balaban J connectivity index is 2.73. The van der Waals surface area contributed by atoms with Crippen LogP contribution in [0.3, 0.4) is 0 Å². The maximum Gasteiger partial charge on any atom is 0.0482 e. The fraction of sp³-hybridized carbons (Fsp3) is 0.200. The number of nitrogen functional groups attached to an aromatic ring is 1. The number of thiol groups is 1. The Kier molecular flexibility index (Phi) is 3.53. The Morgan fingerprint density at radius 1 is 1.06 bits per heavy atom. The van der Waals surface area contributed by atoms with Gasteiger partial charge in [0.1, 0.15) is 0 Å². The molecule has 3 N–H and O–H groups in total. The standard InChI is InChI=1S/C15H18N2S/c1-9-10(2)15(18)14(17-3)8-12(9)11-6-4-5-7-13(11)16/h4-8,17-18H,16H2,1-3H3. The third-order valence-electron chi connectivity index (χ3n) is 3.39. The van der Waals surface area contributed by atoms with Gasteiger partial charge in [0.25, 0.3) is 0 Å². The molecule has 3 heteroatoms. The normalized spacial score (nSPS) is 10.4. The van der Waals surface area contributed by atoms with E-state index in [-0.39, 0.29) is 0 Å². The largest absolute Gasteiger partial charge is 0.398 e. The molecule has 0 saturated carbocycles. The highest BCUT2D eigenvalue weighted by Gasteiger charge is 2.12. The van der Waals surface area contributed by atoms with Gasteiger partial charge in [-0.3, -0.25) is 0 Å². The summed E-state index contributed by atoms with van der Waals surface area (Å²) in [5, 5.41) is 3.18. The third-order valence-corrected chi connectivity index (χ3v) is 3.96. The van der Waals surface area contributed by atoms with Crippen molar-refractivity contribution >= 4 is 24.0 Å². The van der Waals surface area contributed by atoms with Gasteiger partial charge in [0, 0.05) is 28.9 Å². The molecule has 0 radical (unpaired) electrons. The van der Waals surface area contributed by atoms with Gasteiger partial charge in [0.05, 0.1) is 0 Å². The van der Waals surface area contributed by atoms with E-state index >= 15 is 0 Å². The van der Waals surface area contributed by atoms with Crippen molar-refractivity contribution in [1.82, 2.24) is 0 Å². The molecule has 0 saturated heterocycles. The molecule has 0 unspecified atom stereocenters. The predicted molar refractivity (Wildman–Crippen MR) is 82.6 cm³/mol. The van der Waals surface area contributed by atoms with Crippen LogP contribution in [-0.4, -0.2) is 7.05 Å². The fourth-order valence-electron chi connectivity index (χ4n) is 2.12. The summed E-state index contributed by atoms with van der Waals surface area (Å²) in [5.74, 6) is 0. The summed E-state index contributed by atoms with van der Waals surface area (Å²) in [6.07, 6.45) is 0. The second-order valence-electron chi connectivity index (χ2n) is 4.41. The van der Waals surface area contributed by atoms with E-state index in [2.05, 4.69) is 43.9 Å². The Labute approximate surface area is 114 Å². The van der Waals surface area contributed by atoms with Crippen LogP contribution in [0, 0.1) is 13.8 Å². The topological polar surface area (TPSA) is 38.0 Å². The zero-order chi connectivity index (χ0) is 13.3. The highest BCUT2D eigenvalue weighted by molar-refractivity contribution is 7.80. The van der Waals surface area contributed by atoms with E-state index in [9.17, 15) is 0 Å². The van der Waals surface area contributed by atoms with Crippen LogP contribution >= 0.6 is 12.6 Å². The second kappa shape index (κ2) is 4.94. The summed E-state index contributed by atoms with van der Waals surface area (Å²) in [7, 11) is 1.90. The van der Waals surface area contributed by atoms with Crippen molar-refractivity contribution in [3.8, 4) is 11.1 Å². The lowest BCUT2D eigenvalue weighted by molar-refractivity contribution is 1.23. The van der Waals surface area contributed by atoms with Crippen LogP contribution in [0.25, 0.3) is 11.1 Å². The number of para-hydroxylation sites is 1. The summed E-state index contributed by atoms with van der Waals surface area (Å²) in [5.41, 5.74) is 12.5. The van der Waals surface area contributed by atoms with E-state index in [0.29, 0.717) is 0 Å². The molecule has 2 rings (SSSR count). The lowest BCUT2D eigenvalue weighted by Crippen LogP contribution is -1.98. The van der Waals surface area contributed by atoms with Crippen molar-refractivity contribution in [3.05, 3.63) is 41.5 Å². The van der Waals surface area contributed by atoms with Gasteiger partial charge in [-0.25, -0.2) is 0 Å². The number of nitrogens with two attached hydrogens (primary N) is 1. The van der Waals surface area contributed by atoms with Gasteiger partial charge >= 0.3 is 0 Å². The molecule has 2 aromatic carbocycles. The van der Waals surface area contributed by atoms with Gasteiger partial charge in [0.15, 0.2) is 0 Å². The maximum atomic E-state index is 6.06. The van der Waals surface area contributed by atoms with Crippen molar-refractivity contribution in [2.75, 3.05) is 18.1 Å². The molecule has 94 valence electrons. The van der Waals surface area contributed by atoms with Gasteiger partial charge in [0.2, 0.25) is 0 Å². The molecule has 18 heavy (non-hydrogen) atoms. The molecule has 2 nitrogen and oxygen atoms in total. The number of anilines is 2. The Bertz CT molecular complexity index is 591. The zero-order valence-electron chi connectivity index (χ0n) is 10.9. The van der Waals surface area contributed by atoms with E-state index in [1.807, 2.05) is 25.2 Å². The first-order chi connectivity index (χ1) is 8.56. The van der Waals surface area contributed by atoms with Crippen LogP contribution in [0.4, 0.5) is 11.4 Å². The van der Waals surface area contributed by atoms with Crippen LogP contribution < -0.4 is 11.1 Å². The quantitative estimate of drug-likeness (QED) is 0.565. The van der Waals surface area contributed by atoms with Crippen LogP contribution in [0.5, 0.6) is 0 Å². The highest BCUT2D eigenvalue weighted by atomic mass is 32.1. The number of benzene rings is 2. The predicted octanol–water partition coefficient (Wildman–Crippen LogP) is 3.88. The maximum absolute atomic E-state index is 6.06. The van der Waals surface area contributed by atoms with Gasteiger partial charge in [-0.05, 0) is 42.7 Å². The van der Waals surface area contributed by atoms with Crippen molar-refractivity contribution in [3.63, 3.8) is 0 Å². The molecule has 0 amide bonds. The molecule has 0 spiro atoms. The van der Waals surface area contributed by atoms with E-state index < -0.39 is 0 Å². The van der Waals surface area contributed by atoms with E-state index in [4.69, 9.17) is 5.73 Å². The van der Waals surface area contributed by atoms with Crippen molar-refractivity contribution < 1.29 is 0 Å². The van der Waals surface area contributed by atoms with E-state index in [0.717, 1.165) is 27.4 Å². The lowest BCUT2D eigenvalue weighted by Gasteiger charge is -2.16. The van der Waals surface area contributed by atoms with Gasteiger partial charge in [-0.15, -0.1) is 12.6 Å². The minimum Gasteiger partial charge on any atom is -0.398 e. The average molecular weight is 258 g/mol. The van der Waals surface area contributed by atoms with Crippen LogP contribution in [-0.2, 0) is 0 Å². The van der Waals surface area contributed by atoms with Crippen molar-refractivity contribution in [2.45, 2.75) is 18.7 Å². The first-order valence-corrected chi connectivity index (χ1v) is 6.36.